The zero-order valence-electron chi connectivity index (χ0n) is 13.2. The van der Waals surface area contributed by atoms with Gasteiger partial charge in [0.05, 0.1) is 0 Å². The van der Waals surface area contributed by atoms with Crippen LogP contribution in [0.1, 0.15) is 30.5 Å². The molecule has 0 amide bonds. The third-order valence-corrected chi connectivity index (χ3v) is 3.30. The average molecular weight is 283 g/mol. The van der Waals surface area contributed by atoms with Crippen molar-refractivity contribution in [2.45, 2.75) is 33.9 Å². The van der Waals surface area contributed by atoms with Crippen molar-refractivity contribution in [2.24, 2.45) is 5.92 Å². The largest absolute Gasteiger partial charge is 0.489 e. The highest BCUT2D eigenvalue weighted by molar-refractivity contribution is 5.28. The van der Waals surface area contributed by atoms with Crippen LogP contribution in [-0.4, -0.2) is 6.54 Å². The van der Waals surface area contributed by atoms with Crippen molar-refractivity contribution in [1.82, 2.24) is 5.32 Å². The predicted molar refractivity (Wildman–Crippen MR) is 88.5 cm³/mol. The minimum atomic E-state index is 0.614. The first kappa shape index (κ1) is 15.6. The van der Waals surface area contributed by atoms with Crippen LogP contribution >= 0.6 is 0 Å². The van der Waals surface area contributed by atoms with E-state index < -0.39 is 0 Å². The predicted octanol–water partition coefficient (Wildman–Crippen LogP) is 4.32. The van der Waals surface area contributed by atoms with Gasteiger partial charge in [0.1, 0.15) is 12.4 Å². The van der Waals surface area contributed by atoms with E-state index in [1.54, 1.807) is 0 Å². The van der Waals surface area contributed by atoms with Crippen molar-refractivity contribution in [3.8, 4) is 5.75 Å². The number of hydrogen-bond donors (Lipinski definition) is 1. The lowest BCUT2D eigenvalue weighted by Crippen LogP contribution is -2.18. The van der Waals surface area contributed by atoms with E-state index in [1.165, 1.54) is 16.7 Å². The Morgan fingerprint density at radius 3 is 2.38 bits per heavy atom. The Morgan fingerprint density at radius 1 is 1.00 bits per heavy atom. The van der Waals surface area contributed by atoms with E-state index in [1.807, 2.05) is 12.1 Å². The minimum Gasteiger partial charge on any atom is -0.489 e. The van der Waals surface area contributed by atoms with Gasteiger partial charge in [0.15, 0.2) is 0 Å². The van der Waals surface area contributed by atoms with Gasteiger partial charge in [-0.3, -0.25) is 0 Å². The van der Waals surface area contributed by atoms with Gasteiger partial charge in [-0.05, 0) is 48.2 Å². The van der Waals surface area contributed by atoms with Crippen molar-refractivity contribution >= 4 is 0 Å². The fourth-order valence-corrected chi connectivity index (χ4v) is 2.13. The lowest BCUT2D eigenvalue weighted by molar-refractivity contribution is 0.306. The molecule has 2 heteroatoms. The van der Waals surface area contributed by atoms with Crippen LogP contribution in [0.4, 0.5) is 0 Å². The van der Waals surface area contributed by atoms with Crippen LogP contribution in [0, 0.1) is 12.8 Å². The molecule has 0 bridgehead atoms. The summed E-state index contributed by atoms with van der Waals surface area (Å²) in [6, 6.07) is 16.8. The highest BCUT2D eigenvalue weighted by Crippen LogP contribution is 2.14. The smallest absolute Gasteiger partial charge is 0.120 e. The molecule has 0 unspecified atom stereocenters. The zero-order chi connectivity index (χ0) is 15.1. The molecule has 0 spiro atoms. The fourth-order valence-electron chi connectivity index (χ4n) is 2.13. The van der Waals surface area contributed by atoms with Crippen LogP contribution in [-0.2, 0) is 13.2 Å². The maximum Gasteiger partial charge on any atom is 0.120 e. The van der Waals surface area contributed by atoms with Crippen LogP contribution in [0.3, 0.4) is 0 Å². The average Bonchev–Trinajstić information content (AvgIpc) is 2.46. The van der Waals surface area contributed by atoms with Crippen LogP contribution < -0.4 is 10.1 Å². The van der Waals surface area contributed by atoms with Crippen LogP contribution in [0.15, 0.2) is 48.5 Å². The molecule has 0 aliphatic heterocycles. The van der Waals surface area contributed by atoms with E-state index in [2.05, 4.69) is 62.5 Å². The number of benzene rings is 2. The topological polar surface area (TPSA) is 21.3 Å². The molecular weight excluding hydrogens is 258 g/mol. The van der Waals surface area contributed by atoms with E-state index in [9.17, 15) is 0 Å². The lowest BCUT2D eigenvalue weighted by Gasteiger charge is -2.09. The molecule has 0 aliphatic carbocycles. The molecule has 2 aromatic carbocycles. The van der Waals surface area contributed by atoms with Gasteiger partial charge in [-0.15, -0.1) is 0 Å². The van der Waals surface area contributed by atoms with Gasteiger partial charge in [0.25, 0.3) is 0 Å². The fraction of sp³-hybridized carbons (Fsp3) is 0.368. The number of ether oxygens (including phenoxy) is 1. The van der Waals surface area contributed by atoms with E-state index in [4.69, 9.17) is 4.74 Å². The summed E-state index contributed by atoms with van der Waals surface area (Å²) in [4.78, 5) is 0. The zero-order valence-corrected chi connectivity index (χ0v) is 13.2. The summed E-state index contributed by atoms with van der Waals surface area (Å²) >= 11 is 0. The van der Waals surface area contributed by atoms with Crippen LogP contribution in [0.5, 0.6) is 5.75 Å². The molecule has 0 saturated heterocycles. The summed E-state index contributed by atoms with van der Waals surface area (Å²) in [5, 5.41) is 3.45. The second-order valence-electron chi connectivity index (χ2n) is 5.95. The van der Waals surface area contributed by atoms with Gasteiger partial charge in [-0.25, -0.2) is 0 Å². The number of hydrogen-bond acceptors (Lipinski definition) is 2. The molecular formula is C19H25NO. The Morgan fingerprint density at radius 2 is 1.71 bits per heavy atom. The third-order valence-electron chi connectivity index (χ3n) is 3.30. The molecule has 2 aromatic rings. The molecule has 0 radical (unpaired) electrons. The molecule has 21 heavy (non-hydrogen) atoms. The SMILES string of the molecule is Cc1cccc(OCc2ccc(CNCC(C)C)cc2)c1. The Kier molecular flexibility index (Phi) is 5.82. The standard InChI is InChI=1S/C19H25NO/c1-15(2)12-20-13-17-7-9-18(10-8-17)14-21-19-6-4-5-16(3)11-19/h4-11,15,20H,12-14H2,1-3H3. The van der Waals surface area contributed by atoms with Gasteiger partial charge in [-0.2, -0.15) is 0 Å². The van der Waals surface area contributed by atoms with Crippen molar-refractivity contribution < 1.29 is 4.74 Å². The van der Waals surface area contributed by atoms with Crippen molar-refractivity contribution in [3.63, 3.8) is 0 Å². The first-order chi connectivity index (χ1) is 10.1. The van der Waals surface area contributed by atoms with Gasteiger partial charge in [0, 0.05) is 6.54 Å². The monoisotopic (exact) mass is 283 g/mol. The second kappa shape index (κ2) is 7.84. The summed E-state index contributed by atoms with van der Waals surface area (Å²) in [6.45, 7) is 9.11. The van der Waals surface area contributed by atoms with Crippen LogP contribution in [0.2, 0.25) is 0 Å². The summed E-state index contributed by atoms with van der Waals surface area (Å²) in [7, 11) is 0. The molecule has 2 nitrogen and oxygen atoms in total. The highest BCUT2D eigenvalue weighted by atomic mass is 16.5. The summed E-state index contributed by atoms with van der Waals surface area (Å²) in [6.07, 6.45) is 0. The van der Waals surface area contributed by atoms with E-state index >= 15 is 0 Å². The molecule has 0 aliphatic rings. The van der Waals surface area contributed by atoms with Crippen molar-refractivity contribution in [1.29, 1.82) is 0 Å². The first-order valence-electron chi connectivity index (χ1n) is 7.61. The molecule has 0 heterocycles. The van der Waals surface area contributed by atoms with E-state index in [-0.39, 0.29) is 0 Å². The molecule has 112 valence electrons. The Bertz CT molecular complexity index is 546. The molecule has 2 rings (SSSR count). The maximum atomic E-state index is 5.81. The van der Waals surface area contributed by atoms with E-state index in [0.29, 0.717) is 12.5 Å². The van der Waals surface area contributed by atoms with Gasteiger partial charge in [0.2, 0.25) is 0 Å². The van der Waals surface area contributed by atoms with Crippen LogP contribution in [0.25, 0.3) is 0 Å². The third kappa shape index (κ3) is 5.60. The minimum absolute atomic E-state index is 0.614. The molecule has 1 N–H and O–H groups in total. The van der Waals surface area contributed by atoms with Gasteiger partial charge >= 0.3 is 0 Å². The van der Waals surface area contributed by atoms with Gasteiger partial charge in [-0.1, -0.05) is 50.2 Å². The Balaban J connectivity index is 1.82. The Labute approximate surface area is 128 Å². The first-order valence-corrected chi connectivity index (χ1v) is 7.61. The van der Waals surface area contributed by atoms with Gasteiger partial charge < -0.3 is 10.1 Å². The summed E-state index contributed by atoms with van der Waals surface area (Å²) in [5.74, 6) is 1.62. The molecule has 0 atom stereocenters. The number of rotatable bonds is 7. The number of nitrogens with one attached hydrogen (secondary N) is 1. The Hall–Kier alpha value is -1.80. The summed E-state index contributed by atoms with van der Waals surface area (Å²) < 4.78 is 5.81. The number of aryl methyl sites for hydroxylation is 1. The summed E-state index contributed by atoms with van der Waals surface area (Å²) in [5.41, 5.74) is 3.73. The quantitative estimate of drug-likeness (QED) is 0.817. The highest BCUT2D eigenvalue weighted by Gasteiger charge is 1.98. The molecule has 0 aromatic heterocycles. The maximum absolute atomic E-state index is 5.81. The van der Waals surface area contributed by atoms with Crippen molar-refractivity contribution in [2.75, 3.05) is 6.54 Å². The van der Waals surface area contributed by atoms with E-state index in [0.717, 1.165) is 18.8 Å². The second-order valence-corrected chi connectivity index (χ2v) is 5.95. The lowest BCUT2D eigenvalue weighted by atomic mass is 10.1. The molecule has 0 fully saturated rings. The normalized spacial score (nSPS) is 10.9. The van der Waals surface area contributed by atoms with Crippen molar-refractivity contribution in [3.05, 3.63) is 65.2 Å². The molecule has 0 saturated carbocycles.